The van der Waals surface area contributed by atoms with Crippen LogP contribution in [0.3, 0.4) is 0 Å². The molecule has 1 aliphatic heterocycles. The molecular weight excluding hydrogens is 367 g/mol. The van der Waals surface area contributed by atoms with Gasteiger partial charge in [-0.15, -0.1) is 0 Å². The zero-order chi connectivity index (χ0) is 20.1. The predicted octanol–water partition coefficient (Wildman–Crippen LogP) is 4.70. The van der Waals surface area contributed by atoms with Crippen LogP contribution in [-0.2, 0) is 12.8 Å². The molecule has 0 aliphatic carbocycles. The second-order valence-corrected chi connectivity index (χ2v) is 7.35. The van der Waals surface area contributed by atoms with Crippen LogP contribution in [0.4, 0.5) is 10.3 Å². The minimum Gasteiger partial charge on any atom is -0.369 e. The van der Waals surface area contributed by atoms with Gasteiger partial charge in [-0.1, -0.05) is 47.6 Å². The fourth-order valence-electron chi connectivity index (χ4n) is 3.60. The number of guanidine groups is 1. The van der Waals surface area contributed by atoms with E-state index in [2.05, 4.69) is 15.0 Å². The zero-order valence-electron chi connectivity index (χ0n) is 16.4. The molecule has 2 N–H and O–H groups in total. The number of benzene rings is 2. The Morgan fingerprint density at radius 2 is 1.79 bits per heavy atom. The number of hydrogen-bond acceptors (Lipinski definition) is 3. The molecule has 0 bridgehead atoms. The number of aromatic nitrogens is 1. The molecule has 0 saturated carbocycles. The largest absolute Gasteiger partial charge is 0.369 e. The molecule has 0 atom stereocenters. The van der Waals surface area contributed by atoms with Crippen LogP contribution in [0, 0.1) is 5.82 Å². The summed E-state index contributed by atoms with van der Waals surface area (Å²) in [5.41, 5.74) is 9.58. The summed E-state index contributed by atoms with van der Waals surface area (Å²) in [5, 5.41) is 4.10. The Labute approximate surface area is 170 Å². The molecule has 0 unspecified atom stereocenters. The van der Waals surface area contributed by atoms with Crippen LogP contribution >= 0.6 is 0 Å². The monoisotopic (exact) mass is 392 g/mol. The maximum absolute atomic E-state index is 13.9. The number of likely N-dealkylation sites (tertiary alicyclic amines) is 1. The number of nitrogens with two attached hydrogens (primary N) is 1. The molecule has 6 heteroatoms. The van der Waals surface area contributed by atoms with Crippen molar-refractivity contribution in [1.82, 2.24) is 10.1 Å². The van der Waals surface area contributed by atoms with Crippen molar-refractivity contribution in [3.63, 3.8) is 0 Å². The lowest BCUT2D eigenvalue weighted by Crippen LogP contribution is -2.40. The van der Waals surface area contributed by atoms with Gasteiger partial charge in [-0.25, -0.2) is 4.39 Å². The number of rotatable bonds is 5. The average Bonchev–Trinajstić information content (AvgIpc) is 3.21. The predicted molar refractivity (Wildman–Crippen MR) is 112 cm³/mol. The van der Waals surface area contributed by atoms with Crippen LogP contribution in [0.5, 0.6) is 0 Å². The third kappa shape index (κ3) is 4.83. The zero-order valence-corrected chi connectivity index (χ0v) is 16.4. The van der Waals surface area contributed by atoms with E-state index in [0.29, 0.717) is 17.4 Å². The molecule has 0 spiro atoms. The molecule has 2 aromatic carbocycles. The second kappa shape index (κ2) is 8.90. The van der Waals surface area contributed by atoms with E-state index >= 15 is 0 Å². The minimum absolute atomic E-state index is 0.209. The SMILES string of the molecule is NC(=Nc1cc(CCc2ccc(-c3ccccc3F)cc2)no1)N1CCCCC1. The van der Waals surface area contributed by atoms with Crippen molar-refractivity contribution in [1.29, 1.82) is 0 Å². The third-order valence-electron chi connectivity index (χ3n) is 5.26. The van der Waals surface area contributed by atoms with Gasteiger partial charge < -0.3 is 15.2 Å². The molecule has 150 valence electrons. The standard InChI is InChI=1S/C23H25FN4O/c24-21-7-3-2-6-20(21)18-11-8-17(9-12-18)10-13-19-16-22(29-27-19)26-23(25)28-14-4-1-5-15-28/h2-3,6-9,11-12,16H,1,4-5,10,13-15H2,(H2,25,26). The molecule has 5 nitrogen and oxygen atoms in total. The molecule has 1 aromatic heterocycles. The van der Waals surface area contributed by atoms with Gasteiger partial charge in [0.2, 0.25) is 0 Å². The smallest absolute Gasteiger partial charge is 0.253 e. The average molecular weight is 392 g/mol. The van der Waals surface area contributed by atoms with Gasteiger partial charge in [0.25, 0.3) is 5.88 Å². The maximum atomic E-state index is 13.9. The van der Waals surface area contributed by atoms with E-state index in [-0.39, 0.29) is 5.82 Å². The van der Waals surface area contributed by atoms with Crippen molar-refractivity contribution in [2.24, 2.45) is 10.7 Å². The van der Waals surface area contributed by atoms with Gasteiger partial charge in [0.05, 0.1) is 5.69 Å². The van der Waals surface area contributed by atoms with Gasteiger partial charge in [0.15, 0.2) is 5.96 Å². The molecule has 4 rings (SSSR count). The minimum atomic E-state index is -0.209. The molecule has 29 heavy (non-hydrogen) atoms. The summed E-state index contributed by atoms with van der Waals surface area (Å²) in [5.74, 6) is 0.730. The number of piperidine rings is 1. The number of aliphatic imine (C=N–C) groups is 1. The summed E-state index contributed by atoms with van der Waals surface area (Å²) in [6, 6.07) is 16.6. The molecule has 1 fully saturated rings. The summed E-state index contributed by atoms with van der Waals surface area (Å²) in [6.45, 7) is 1.89. The first-order chi connectivity index (χ1) is 14.2. The first kappa shape index (κ1) is 19.2. The van der Waals surface area contributed by atoms with Crippen LogP contribution in [0.2, 0.25) is 0 Å². The summed E-state index contributed by atoms with van der Waals surface area (Å²) in [6.07, 6.45) is 5.09. The summed E-state index contributed by atoms with van der Waals surface area (Å²) in [4.78, 5) is 6.45. The van der Waals surface area contributed by atoms with E-state index in [1.54, 1.807) is 12.1 Å². The van der Waals surface area contributed by atoms with Gasteiger partial charge in [-0.05, 0) is 49.3 Å². The van der Waals surface area contributed by atoms with Crippen LogP contribution in [0.25, 0.3) is 11.1 Å². The van der Waals surface area contributed by atoms with E-state index in [4.69, 9.17) is 10.3 Å². The summed E-state index contributed by atoms with van der Waals surface area (Å²) in [7, 11) is 0. The van der Waals surface area contributed by atoms with Crippen LogP contribution in [-0.4, -0.2) is 29.1 Å². The molecule has 0 radical (unpaired) electrons. The van der Waals surface area contributed by atoms with Crippen LogP contribution < -0.4 is 5.73 Å². The lowest BCUT2D eigenvalue weighted by atomic mass is 10.0. The Morgan fingerprint density at radius 1 is 1.03 bits per heavy atom. The Bertz CT molecular complexity index is 975. The lowest BCUT2D eigenvalue weighted by molar-refractivity contribution is 0.337. The highest BCUT2D eigenvalue weighted by atomic mass is 19.1. The van der Waals surface area contributed by atoms with Gasteiger partial charge in [0.1, 0.15) is 5.82 Å². The van der Waals surface area contributed by atoms with Gasteiger partial charge in [0, 0.05) is 24.7 Å². The van der Waals surface area contributed by atoms with Crippen molar-refractivity contribution in [3.05, 3.63) is 71.7 Å². The van der Waals surface area contributed by atoms with E-state index in [0.717, 1.165) is 55.6 Å². The second-order valence-electron chi connectivity index (χ2n) is 7.35. The van der Waals surface area contributed by atoms with Crippen molar-refractivity contribution in [2.45, 2.75) is 32.1 Å². The Kier molecular flexibility index (Phi) is 5.89. The maximum Gasteiger partial charge on any atom is 0.253 e. The third-order valence-corrected chi connectivity index (χ3v) is 5.26. The number of halogens is 1. The Morgan fingerprint density at radius 3 is 2.55 bits per heavy atom. The topological polar surface area (TPSA) is 67.6 Å². The van der Waals surface area contributed by atoms with E-state index in [1.807, 2.05) is 36.4 Å². The fourth-order valence-corrected chi connectivity index (χ4v) is 3.60. The van der Waals surface area contributed by atoms with E-state index in [9.17, 15) is 4.39 Å². The number of hydrogen-bond donors (Lipinski definition) is 1. The molecule has 1 saturated heterocycles. The van der Waals surface area contributed by atoms with Crippen molar-refractivity contribution in [3.8, 4) is 11.1 Å². The first-order valence-corrected chi connectivity index (χ1v) is 10.1. The quantitative estimate of drug-likeness (QED) is 0.505. The van der Waals surface area contributed by atoms with Gasteiger partial charge >= 0.3 is 0 Å². The molecule has 1 aliphatic rings. The highest BCUT2D eigenvalue weighted by Crippen LogP contribution is 2.23. The molecule has 2 heterocycles. The fraction of sp³-hybridized carbons (Fsp3) is 0.304. The van der Waals surface area contributed by atoms with E-state index in [1.165, 1.54) is 12.5 Å². The first-order valence-electron chi connectivity index (χ1n) is 10.1. The molecule has 3 aromatic rings. The van der Waals surface area contributed by atoms with Crippen LogP contribution in [0.15, 0.2) is 64.1 Å². The van der Waals surface area contributed by atoms with Crippen molar-refractivity contribution < 1.29 is 8.91 Å². The Balaban J connectivity index is 1.35. The molecule has 0 amide bonds. The summed E-state index contributed by atoms with van der Waals surface area (Å²) >= 11 is 0. The van der Waals surface area contributed by atoms with Crippen molar-refractivity contribution in [2.75, 3.05) is 13.1 Å². The number of aryl methyl sites for hydroxylation is 2. The normalized spacial score (nSPS) is 14.9. The Hall–Kier alpha value is -3.15. The van der Waals surface area contributed by atoms with Crippen LogP contribution in [0.1, 0.15) is 30.5 Å². The highest BCUT2D eigenvalue weighted by Gasteiger charge is 2.13. The van der Waals surface area contributed by atoms with Gasteiger partial charge in [-0.2, -0.15) is 4.99 Å². The number of nitrogens with zero attached hydrogens (tertiary/aromatic N) is 3. The van der Waals surface area contributed by atoms with E-state index < -0.39 is 0 Å². The van der Waals surface area contributed by atoms with Crippen molar-refractivity contribution >= 4 is 11.8 Å². The lowest BCUT2D eigenvalue weighted by Gasteiger charge is -2.27. The molecular formula is C23H25FN4O. The summed E-state index contributed by atoms with van der Waals surface area (Å²) < 4.78 is 19.2. The van der Waals surface area contributed by atoms with Gasteiger partial charge in [-0.3, -0.25) is 0 Å². The highest BCUT2D eigenvalue weighted by molar-refractivity contribution is 5.80.